The molecule has 5 aromatic rings. The molecule has 0 saturated carbocycles. The van der Waals surface area contributed by atoms with Crippen LogP contribution in [-0.2, 0) is 6.61 Å². The van der Waals surface area contributed by atoms with E-state index in [9.17, 15) is 4.79 Å². The van der Waals surface area contributed by atoms with E-state index in [1.54, 1.807) is 18.2 Å². The number of nitrogens with zero attached hydrogens (tertiary/aromatic N) is 2. The molecule has 0 aliphatic rings. The average molecular weight is 382 g/mol. The van der Waals surface area contributed by atoms with E-state index in [-0.39, 0.29) is 5.91 Å². The number of anilines is 1. The Morgan fingerprint density at radius 2 is 1.90 bits per heavy atom. The Bertz CT molecular complexity index is 1340. The lowest BCUT2D eigenvalue weighted by molar-refractivity contribution is 0.0960. The molecule has 2 heterocycles. The second-order valence-corrected chi connectivity index (χ2v) is 6.87. The molecule has 6 heteroatoms. The summed E-state index contributed by atoms with van der Waals surface area (Å²) in [6.45, 7) is 0.489. The predicted molar refractivity (Wildman–Crippen MR) is 113 cm³/mol. The summed E-state index contributed by atoms with van der Waals surface area (Å²) >= 11 is 0. The Balaban J connectivity index is 1.42. The number of ether oxygens (including phenoxy) is 1. The third-order valence-corrected chi connectivity index (χ3v) is 4.86. The van der Waals surface area contributed by atoms with Crippen LogP contribution in [0.25, 0.3) is 21.9 Å². The van der Waals surface area contributed by atoms with Gasteiger partial charge in [0.25, 0.3) is 5.91 Å². The van der Waals surface area contributed by atoms with Gasteiger partial charge in [0.2, 0.25) is 0 Å². The molecule has 0 aliphatic heterocycles. The van der Waals surface area contributed by atoms with Gasteiger partial charge in [0.05, 0.1) is 11.0 Å². The number of fused-ring (bicyclic) bond motifs is 2. The minimum absolute atomic E-state index is 0.180. The number of hydrogen-bond donors (Lipinski definition) is 2. The number of imidazole rings is 1. The Morgan fingerprint density at radius 1 is 1.03 bits per heavy atom. The summed E-state index contributed by atoms with van der Waals surface area (Å²) in [6.07, 6.45) is 1.52. The van der Waals surface area contributed by atoms with Gasteiger partial charge in [0.15, 0.2) is 0 Å². The summed E-state index contributed by atoms with van der Waals surface area (Å²) in [5.74, 6) is 0.561. The van der Waals surface area contributed by atoms with Gasteiger partial charge < -0.3 is 15.5 Å². The minimum atomic E-state index is -0.180. The average Bonchev–Trinajstić information content (AvgIpc) is 3.36. The summed E-state index contributed by atoms with van der Waals surface area (Å²) in [5, 5.41) is 0.939. The van der Waals surface area contributed by atoms with E-state index in [1.807, 2.05) is 54.6 Å². The number of rotatable bonds is 4. The predicted octanol–water partition coefficient (Wildman–Crippen LogP) is 4.37. The molecule has 0 bridgehead atoms. The van der Waals surface area contributed by atoms with Crippen LogP contribution in [-0.4, -0.2) is 20.4 Å². The molecule has 0 saturated heterocycles. The maximum atomic E-state index is 13.0. The van der Waals surface area contributed by atoms with E-state index in [1.165, 1.54) is 10.9 Å². The first-order valence-corrected chi connectivity index (χ1v) is 9.24. The van der Waals surface area contributed by atoms with Crippen LogP contribution in [0.5, 0.6) is 5.75 Å². The van der Waals surface area contributed by atoms with Gasteiger partial charge >= 0.3 is 0 Å². The van der Waals surface area contributed by atoms with Gasteiger partial charge in [-0.05, 0) is 42.0 Å². The number of aromatic amines is 1. The molecule has 0 radical (unpaired) electrons. The van der Waals surface area contributed by atoms with E-state index in [4.69, 9.17) is 10.5 Å². The number of hydrogen-bond acceptors (Lipinski definition) is 4. The first-order valence-electron chi connectivity index (χ1n) is 9.24. The minimum Gasteiger partial charge on any atom is -0.489 e. The van der Waals surface area contributed by atoms with Crippen LogP contribution >= 0.6 is 0 Å². The van der Waals surface area contributed by atoms with Crippen LogP contribution in [0.3, 0.4) is 0 Å². The Labute approximate surface area is 166 Å². The quantitative estimate of drug-likeness (QED) is 0.452. The molecule has 0 fully saturated rings. The summed E-state index contributed by atoms with van der Waals surface area (Å²) in [4.78, 5) is 20.5. The lowest BCUT2D eigenvalue weighted by Gasteiger charge is -2.06. The highest BCUT2D eigenvalue weighted by Crippen LogP contribution is 2.24. The number of aromatic nitrogens is 3. The van der Waals surface area contributed by atoms with Gasteiger partial charge in [-0.25, -0.2) is 4.98 Å². The van der Waals surface area contributed by atoms with E-state index < -0.39 is 0 Å². The zero-order chi connectivity index (χ0) is 19.8. The fourth-order valence-electron chi connectivity index (χ4n) is 3.37. The zero-order valence-electron chi connectivity index (χ0n) is 15.5. The third-order valence-electron chi connectivity index (χ3n) is 4.86. The number of nitrogen functional groups attached to an aromatic ring is 1. The molecule has 3 aromatic carbocycles. The Kier molecular flexibility index (Phi) is 4.02. The molecule has 142 valence electrons. The standard InChI is InChI=1S/C23H18N4O2/c24-17-7-9-22-20(11-17)25-14-27(22)23(28)21-10-16-6-8-18(12-19(16)26-21)29-13-15-4-2-1-3-5-15/h1-12,14,26H,13,24H2. The third kappa shape index (κ3) is 3.21. The maximum absolute atomic E-state index is 13.0. The normalized spacial score (nSPS) is 11.2. The molecule has 0 atom stereocenters. The monoisotopic (exact) mass is 382 g/mol. The van der Waals surface area contributed by atoms with Crippen LogP contribution in [0.4, 0.5) is 5.69 Å². The van der Waals surface area contributed by atoms with Crippen molar-refractivity contribution in [3.63, 3.8) is 0 Å². The van der Waals surface area contributed by atoms with E-state index in [2.05, 4.69) is 9.97 Å². The summed E-state index contributed by atoms with van der Waals surface area (Å²) in [6, 6.07) is 22.9. The van der Waals surface area contributed by atoms with Crippen LogP contribution < -0.4 is 10.5 Å². The lowest BCUT2D eigenvalue weighted by Crippen LogP contribution is -2.11. The highest BCUT2D eigenvalue weighted by molar-refractivity contribution is 6.03. The van der Waals surface area contributed by atoms with Gasteiger partial charge in [-0.15, -0.1) is 0 Å². The first-order chi connectivity index (χ1) is 14.2. The molecule has 0 spiro atoms. The number of nitrogens with one attached hydrogen (secondary N) is 1. The number of carbonyl (C=O) groups is 1. The fourth-order valence-corrected chi connectivity index (χ4v) is 3.37. The van der Waals surface area contributed by atoms with Gasteiger partial charge in [-0.2, -0.15) is 0 Å². The summed E-state index contributed by atoms with van der Waals surface area (Å²) in [5.41, 5.74) is 10.2. The van der Waals surface area contributed by atoms with Gasteiger partial charge in [0, 0.05) is 22.7 Å². The zero-order valence-corrected chi connectivity index (χ0v) is 15.5. The molecule has 6 nitrogen and oxygen atoms in total. The van der Waals surface area contributed by atoms with Crippen LogP contribution in [0.1, 0.15) is 16.1 Å². The second-order valence-electron chi connectivity index (χ2n) is 6.87. The highest BCUT2D eigenvalue weighted by atomic mass is 16.5. The van der Waals surface area contributed by atoms with Crippen molar-refractivity contribution >= 4 is 33.5 Å². The van der Waals surface area contributed by atoms with Crippen molar-refractivity contribution in [1.29, 1.82) is 0 Å². The van der Waals surface area contributed by atoms with Crippen LogP contribution in [0, 0.1) is 0 Å². The topological polar surface area (TPSA) is 85.9 Å². The van der Waals surface area contributed by atoms with Crippen molar-refractivity contribution in [3.8, 4) is 5.75 Å². The van der Waals surface area contributed by atoms with Gasteiger partial charge in [-0.1, -0.05) is 30.3 Å². The summed E-state index contributed by atoms with van der Waals surface area (Å²) in [7, 11) is 0. The number of nitrogens with two attached hydrogens (primary N) is 1. The van der Waals surface area contributed by atoms with Crippen molar-refractivity contribution < 1.29 is 9.53 Å². The van der Waals surface area contributed by atoms with E-state index in [0.29, 0.717) is 23.5 Å². The molecular weight excluding hydrogens is 364 g/mol. The molecule has 29 heavy (non-hydrogen) atoms. The molecule has 0 aliphatic carbocycles. The van der Waals surface area contributed by atoms with Crippen molar-refractivity contribution in [1.82, 2.24) is 14.5 Å². The van der Waals surface area contributed by atoms with Crippen molar-refractivity contribution in [2.24, 2.45) is 0 Å². The molecule has 5 rings (SSSR count). The van der Waals surface area contributed by atoms with Gasteiger partial charge in [-0.3, -0.25) is 9.36 Å². The molecule has 3 N–H and O–H groups in total. The lowest BCUT2D eigenvalue weighted by atomic mass is 10.2. The van der Waals surface area contributed by atoms with E-state index >= 15 is 0 Å². The summed E-state index contributed by atoms with van der Waals surface area (Å²) < 4.78 is 7.40. The number of benzene rings is 3. The van der Waals surface area contributed by atoms with Crippen molar-refractivity contribution in [3.05, 3.63) is 90.4 Å². The molecular formula is C23H18N4O2. The fraction of sp³-hybridized carbons (Fsp3) is 0.0435. The smallest absolute Gasteiger partial charge is 0.280 e. The first kappa shape index (κ1) is 17.1. The Hall–Kier alpha value is -4.06. The SMILES string of the molecule is Nc1ccc2c(c1)ncn2C(=O)c1cc2ccc(OCc3ccccc3)cc2[nH]1. The van der Waals surface area contributed by atoms with Crippen LogP contribution in [0.15, 0.2) is 79.1 Å². The van der Waals surface area contributed by atoms with Gasteiger partial charge in [0.1, 0.15) is 24.4 Å². The largest absolute Gasteiger partial charge is 0.489 e. The second kappa shape index (κ2) is 6.83. The van der Waals surface area contributed by atoms with Crippen molar-refractivity contribution in [2.75, 3.05) is 5.73 Å². The van der Waals surface area contributed by atoms with Crippen molar-refractivity contribution in [2.45, 2.75) is 6.61 Å². The number of carbonyl (C=O) groups excluding carboxylic acids is 1. The maximum Gasteiger partial charge on any atom is 0.280 e. The van der Waals surface area contributed by atoms with Crippen LogP contribution in [0.2, 0.25) is 0 Å². The van der Waals surface area contributed by atoms with E-state index in [0.717, 1.165) is 27.7 Å². The number of H-pyrrole nitrogens is 1. The highest BCUT2D eigenvalue weighted by Gasteiger charge is 2.15. The molecule has 0 amide bonds. The molecule has 2 aromatic heterocycles. The Morgan fingerprint density at radius 3 is 2.76 bits per heavy atom. The molecule has 0 unspecified atom stereocenters.